The second kappa shape index (κ2) is 4.86. The third kappa shape index (κ3) is 3.29. The van der Waals surface area contributed by atoms with E-state index in [0.29, 0.717) is 19.3 Å². The van der Waals surface area contributed by atoms with E-state index in [1.54, 1.807) is 12.1 Å². The number of alkyl halides is 1. The molecule has 0 aromatic heterocycles. The van der Waals surface area contributed by atoms with E-state index in [2.05, 4.69) is 0 Å². The summed E-state index contributed by atoms with van der Waals surface area (Å²) in [6.07, 6.45) is 3.76. The van der Waals surface area contributed by atoms with Gasteiger partial charge in [-0.05, 0) is 24.0 Å². The first-order valence-corrected chi connectivity index (χ1v) is 6.06. The van der Waals surface area contributed by atoms with Crippen LogP contribution in [0, 0.1) is 0 Å². The molecular weight excluding hydrogens is 219 g/mol. The zero-order valence-corrected chi connectivity index (χ0v) is 9.79. The molecule has 1 aromatic rings. The van der Waals surface area contributed by atoms with Gasteiger partial charge in [0, 0.05) is 6.42 Å². The van der Waals surface area contributed by atoms with E-state index < -0.39 is 11.6 Å². The molecule has 3 heteroatoms. The fourth-order valence-corrected chi connectivity index (χ4v) is 2.50. The van der Waals surface area contributed by atoms with Crippen molar-refractivity contribution in [1.29, 1.82) is 0 Å². The number of hydrogen-bond donors (Lipinski definition) is 1. The molecule has 0 bridgehead atoms. The summed E-state index contributed by atoms with van der Waals surface area (Å²) in [5.74, 6) is -0.837. The SMILES string of the molecule is O=C(O)Cc1ccc(CC2(F)CCCC2)cc1. The van der Waals surface area contributed by atoms with Crippen LogP contribution >= 0.6 is 0 Å². The van der Waals surface area contributed by atoms with Gasteiger partial charge in [-0.15, -0.1) is 0 Å². The maximum atomic E-state index is 14.2. The fraction of sp³-hybridized carbons (Fsp3) is 0.500. The monoisotopic (exact) mass is 236 g/mol. The molecule has 0 spiro atoms. The van der Waals surface area contributed by atoms with Gasteiger partial charge in [0.25, 0.3) is 0 Å². The fourth-order valence-electron chi connectivity index (χ4n) is 2.50. The van der Waals surface area contributed by atoms with E-state index in [0.717, 1.165) is 24.0 Å². The summed E-state index contributed by atoms with van der Waals surface area (Å²) < 4.78 is 14.2. The molecule has 2 nitrogen and oxygen atoms in total. The van der Waals surface area contributed by atoms with Crippen molar-refractivity contribution in [1.82, 2.24) is 0 Å². The van der Waals surface area contributed by atoms with Gasteiger partial charge in [-0.1, -0.05) is 37.1 Å². The van der Waals surface area contributed by atoms with Crippen molar-refractivity contribution in [2.75, 3.05) is 0 Å². The first-order valence-electron chi connectivity index (χ1n) is 6.06. The lowest BCUT2D eigenvalue weighted by Crippen LogP contribution is -2.21. The van der Waals surface area contributed by atoms with E-state index >= 15 is 0 Å². The molecule has 0 heterocycles. The molecule has 1 aliphatic rings. The Labute approximate surface area is 100 Å². The molecule has 1 aromatic carbocycles. The lowest BCUT2D eigenvalue weighted by Gasteiger charge is -2.18. The van der Waals surface area contributed by atoms with Crippen LogP contribution < -0.4 is 0 Å². The molecule has 1 saturated carbocycles. The number of rotatable bonds is 4. The van der Waals surface area contributed by atoms with Crippen LogP contribution in [-0.4, -0.2) is 16.7 Å². The summed E-state index contributed by atoms with van der Waals surface area (Å²) in [4.78, 5) is 10.5. The molecule has 0 amide bonds. The Morgan fingerprint density at radius 2 is 1.71 bits per heavy atom. The Balaban J connectivity index is 2.00. The predicted octanol–water partition coefficient (Wildman–Crippen LogP) is 3.14. The smallest absolute Gasteiger partial charge is 0.307 e. The molecule has 92 valence electrons. The molecule has 0 atom stereocenters. The normalized spacial score (nSPS) is 18.2. The third-order valence-corrected chi connectivity index (χ3v) is 3.40. The Hall–Kier alpha value is -1.38. The van der Waals surface area contributed by atoms with Gasteiger partial charge in [0.05, 0.1) is 6.42 Å². The average Bonchev–Trinajstić information content (AvgIpc) is 2.67. The molecule has 1 fully saturated rings. The molecule has 17 heavy (non-hydrogen) atoms. The Kier molecular flexibility index (Phi) is 3.46. The van der Waals surface area contributed by atoms with Crippen LogP contribution in [0.3, 0.4) is 0 Å². The first kappa shape index (κ1) is 12.1. The van der Waals surface area contributed by atoms with Crippen LogP contribution in [0.1, 0.15) is 36.8 Å². The zero-order valence-electron chi connectivity index (χ0n) is 9.79. The molecular formula is C14H17FO2. The van der Waals surface area contributed by atoms with Crippen molar-refractivity contribution in [2.24, 2.45) is 0 Å². The van der Waals surface area contributed by atoms with Crippen LogP contribution in [0.5, 0.6) is 0 Å². The zero-order chi connectivity index (χ0) is 12.3. The second-order valence-electron chi connectivity index (χ2n) is 4.92. The van der Waals surface area contributed by atoms with Gasteiger partial charge in [-0.2, -0.15) is 0 Å². The number of carbonyl (C=O) groups is 1. The number of halogens is 1. The Morgan fingerprint density at radius 3 is 2.24 bits per heavy atom. The van der Waals surface area contributed by atoms with E-state index in [1.807, 2.05) is 12.1 Å². The molecule has 1 N–H and O–H groups in total. The second-order valence-corrected chi connectivity index (χ2v) is 4.92. The van der Waals surface area contributed by atoms with Gasteiger partial charge in [0.1, 0.15) is 5.67 Å². The minimum absolute atomic E-state index is 0.0288. The van der Waals surface area contributed by atoms with Crippen molar-refractivity contribution in [3.05, 3.63) is 35.4 Å². The molecule has 1 aliphatic carbocycles. The minimum atomic E-state index is -1.03. The molecule has 0 aliphatic heterocycles. The van der Waals surface area contributed by atoms with E-state index in [9.17, 15) is 9.18 Å². The quantitative estimate of drug-likeness (QED) is 0.872. The summed E-state index contributed by atoms with van der Waals surface area (Å²) in [6, 6.07) is 7.25. The minimum Gasteiger partial charge on any atom is -0.481 e. The highest BCUT2D eigenvalue weighted by Crippen LogP contribution is 2.36. The van der Waals surface area contributed by atoms with E-state index in [-0.39, 0.29) is 6.42 Å². The van der Waals surface area contributed by atoms with Crippen molar-refractivity contribution < 1.29 is 14.3 Å². The number of hydrogen-bond acceptors (Lipinski definition) is 1. The number of carboxylic acid groups (broad SMARTS) is 1. The van der Waals surface area contributed by atoms with Gasteiger partial charge in [0.2, 0.25) is 0 Å². The summed E-state index contributed by atoms with van der Waals surface area (Å²) in [5.41, 5.74) is 0.693. The van der Waals surface area contributed by atoms with Gasteiger partial charge < -0.3 is 5.11 Å². The highest BCUT2D eigenvalue weighted by atomic mass is 19.1. The summed E-state index contributed by atoms with van der Waals surface area (Å²) >= 11 is 0. The maximum absolute atomic E-state index is 14.2. The molecule has 0 radical (unpaired) electrons. The van der Waals surface area contributed by atoms with Gasteiger partial charge in [-0.3, -0.25) is 4.79 Å². The topological polar surface area (TPSA) is 37.3 Å². The highest BCUT2D eigenvalue weighted by Gasteiger charge is 2.33. The summed E-state index contributed by atoms with van der Waals surface area (Å²) in [7, 11) is 0. The van der Waals surface area contributed by atoms with Crippen molar-refractivity contribution in [3.8, 4) is 0 Å². The van der Waals surface area contributed by atoms with Gasteiger partial charge in [0.15, 0.2) is 0 Å². The van der Waals surface area contributed by atoms with Crippen LogP contribution in [0.25, 0.3) is 0 Å². The first-order chi connectivity index (χ1) is 8.07. The van der Waals surface area contributed by atoms with Crippen molar-refractivity contribution in [3.63, 3.8) is 0 Å². The maximum Gasteiger partial charge on any atom is 0.307 e. The Morgan fingerprint density at radius 1 is 1.18 bits per heavy atom. The Bertz CT molecular complexity index is 391. The van der Waals surface area contributed by atoms with Crippen LogP contribution in [-0.2, 0) is 17.6 Å². The lowest BCUT2D eigenvalue weighted by molar-refractivity contribution is -0.136. The number of benzene rings is 1. The van der Waals surface area contributed by atoms with E-state index in [4.69, 9.17) is 5.11 Å². The van der Waals surface area contributed by atoms with Gasteiger partial charge in [-0.25, -0.2) is 4.39 Å². The standard InChI is InChI=1S/C14H17FO2/c15-14(7-1-2-8-14)10-12-5-3-11(4-6-12)9-13(16)17/h3-6H,1-2,7-10H2,(H,16,17). The lowest BCUT2D eigenvalue weighted by atomic mass is 9.94. The van der Waals surface area contributed by atoms with Crippen molar-refractivity contribution >= 4 is 5.97 Å². The average molecular weight is 236 g/mol. The summed E-state index contributed by atoms with van der Waals surface area (Å²) in [6.45, 7) is 0. The molecule has 0 unspecified atom stereocenters. The third-order valence-electron chi connectivity index (χ3n) is 3.40. The predicted molar refractivity (Wildman–Crippen MR) is 63.8 cm³/mol. The van der Waals surface area contributed by atoms with Crippen LogP contribution in [0.2, 0.25) is 0 Å². The summed E-state index contributed by atoms with van der Waals surface area (Å²) in [5, 5.41) is 8.65. The molecule has 0 saturated heterocycles. The van der Waals surface area contributed by atoms with Crippen LogP contribution in [0.15, 0.2) is 24.3 Å². The van der Waals surface area contributed by atoms with Crippen LogP contribution in [0.4, 0.5) is 4.39 Å². The van der Waals surface area contributed by atoms with E-state index in [1.165, 1.54) is 0 Å². The largest absolute Gasteiger partial charge is 0.481 e. The number of aliphatic carboxylic acids is 1. The number of carboxylic acids is 1. The molecule has 2 rings (SSSR count). The van der Waals surface area contributed by atoms with Crippen molar-refractivity contribution in [2.45, 2.75) is 44.2 Å². The highest BCUT2D eigenvalue weighted by molar-refractivity contribution is 5.70. The van der Waals surface area contributed by atoms with Gasteiger partial charge >= 0.3 is 5.97 Å².